The van der Waals surface area contributed by atoms with E-state index < -0.39 is 0 Å². The van der Waals surface area contributed by atoms with Gasteiger partial charge < -0.3 is 10.1 Å². The van der Waals surface area contributed by atoms with Gasteiger partial charge in [-0.1, -0.05) is 30.3 Å². The molecule has 0 radical (unpaired) electrons. The lowest BCUT2D eigenvalue weighted by atomic mass is 9.98. The Kier molecular flexibility index (Phi) is 5.19. The minimum atomic E-state index is -0.0984. The second-order valence-electron chi connectivity index (χ2n) is 6.36. The molecule has 0 aliphatic carbocycles. The molecular weight excluding hydrogens is 248 g/mol. The van der Waals surface area contributed by atoms with Crippen molar-refractivity contribution < 1.29 is 4.74 Å². The molecule has 0 bridgehead atoms. The molecule has 0 amide bonds. The third kappa shape index (κ3) is 4.05. The lowest BCUT2D eigenvalue weighted by molar-refractivity contribution is -0.0487. The van der Waals surface area contributed by atoms with Crippen molar-refractivity contribution in [3.8, 4) is 0 Å². The van der Waals surface area contributed by atoms with E-state index in [9.17, 15) is 0 Å². The molecule has 1 aromatic carbocycles. The third-order valence-electron chi connectivity index (χ3n) is 3.91. The monoisotopic (exact) mass is 276 g/mol. The van der Waals surface area contributed by atoms with Crippen molar-refractivity contribution in [3.63, 3.8) is 0 Å². The predicted molar refractivity (Wildman–Crippen MR) is 83.9 cm³/mol. The van der Waals surface area contributed by atoms with Gasteiger partial charge in [-0.25, -0.2) is 0 Å². The number of nitrogens with zero attached hydrogens (tertiary/aromatic N) is 1. The Balaban J connectivity index is 2.13. The molecular formula is C17H28N2O. The van der Waals surface area contributed by atoms with Crippen molar-refractivity contribution in [2.24, 2.45) is 0 Å². The molecule has 0 spiro atoms. The molecule has 1 aromatic rings. The van der Waals surface area contributed by atoms with E-state index in [1.54, 1.807) is 0 Å². The van der Waals surface area contributed by atoms with E-state index in [0.717, 1.165) is 26.2 Å². The SMILES string of the molecule is CCOC(C)(C)CN1CC(C)NCC1c1ccccc1. The Hall–Kier alpha value is -0.900. The number of piperazine rings is 1. The quantitative estimate of drug-likeness (QED) is 0.895. The Labute approximate surface area is 123 Å². The van der Waals surface area contributed by atoms with Crippen LogP contribution in [0.2, 0.25) is 0 Å². The van der Waals surface area contributed by atoms with Gasteiger partial charge in [0.1, 0.15) is 0 Å². The molecule has 0 aromatic heterocycles. The molecule has 1 aliphatic rings. The molecule has 1 heterocycles. The molecule has 0 saturated carbocycles. The minimum Gasteiger partial charge on any atom is -0.375 e. The van der Waals surface area contributed by atoms with E-state index in [1.807, 2.05) is 0 Å². The van der Waals surface area contributed by atoms with Gasteiger partial charge in [-0.3, -0.25) is 4.90 Å². The predicted octanol–water partition coefficient (Wildman–Crippen LogP) is 2.84. The van der Waals surface area contributed by atoms with Gasteiger partial charge in [0.15, 0.2) is 0 Å². The molecule has 1 fully saturated rings. The number of rotatable bonds is 5. The van der Waals surface area contributed by atoms with Crippen LogP contribution in [-0.2, 0) is 4.74 Å². The van der Waals surface area contributed by atoms with Crippen LogP contribution < -0.4 is 5.32 Å². The van der Waals surface area contributed by atoms with Gasteiger partial charge in [-0.15, -0.1) is 0 Å². The van der Waals surface area contributed by atoms with Gasteiger partial charge in [0.25, 0.3) is 0 Å². The van der Waals surface area contributed by atoms with Crippen molar-refractivity contribution in [2.75, 3.05) is 26.2 Å². The largest absolute Gasteiger partial charge is 0.375 e. The van der Waals surface area contributed by atoms with E-state index in [2.05, 4.69) is 68.2 Å². The standard InChI is InChI=1S/C17H28N2O/c1-5-20-17(3,4)13-19-12-14(2)18-11-16(19)15-9-7-6-8-10-15/h6-10,14,16,18H,5,11-13H2,1-4H3. The maximum Gasteiger partial charge on any atom is 0.0752 e. The smallest absolute Gasteiger partial charge is 0.0752 e. The number of benzene rings is 1. The number of nitrogens with one attached hydrogen (secondary N) is 1. The van der Waals surface area contributed by atoms with Crippen LogP contribution in [0.5, 0.6) is 0 Å². The second kappa shape index (κ2) is 6.70. The molecule has 2 atom stereocenters. The third-order valence-corrected chi connectivity index (χ3v) is 3.91. The fraction of sp³-hybridized carbons (Fsp3) is 0.647. The van der Waals surface area contributed by atoms with Gasteiger partial charge in [0, 0.05) is 38.3 Å². The molecule has 3 nitrogen and oxygen atoms in total. The Morgan fingerprint density at radius 1 is 1.30 bits per heavy atom. The summed E-state index contributed by atoms with van der Waals surface area (Å²) in [6.07, 6.45) is 0. The lowest BCUT2D eigenvalue weighted by Gasteiger charge is -2.43. The van der Waals surface area contributed by atoms with E-state index in [1.165, 1.54) is 5.56 Å². The summed E-state index contributed by atoms with van der Waals surface area (Å²) in [4.78, 5) is 2.56. The summed E-state index contributed by atoms with van der Waals surface area (Å²) in [5.41, 5.74) is 1.29. The summed E-state index contributed by atoms with van der Waals surface area (Å²) in [6.45, 7) is 12.5. The summed E-state index contributed by atoms with van der Waals surface area (Å²) in [5, 5.41) is 3.60. The van der Waals surface area contributed by atoms with Crippen LogP contribution in [0.15, 0.2) is 30.3 Å². The zero-order valence-corrected chi connectivity index (χ0v) is 13.2. The van der Waals surface area contributed by atoms with E-state index >= 15 is 0 Å². The highest BCUT2D eigenvalue weighted by molar-refractivity contribution is 5.20. The van der Waals surface area contributed by atoms with Crippen molar-refractivity contribution in [1.82, 2.24) is 10.2 Å². The molecule has 1 aliphatic heterocycles. The molecule has 1 N–H and O–H groups in total. The topological polar surface area (TPSA) is 24.5 Å². The molecule has 1 saturated heterocycles. The summed E-state index contributed by atoms with van der Waals surface area (Å²) < 4.78 is 5.89. The van der Waals surface area contributed by atoms with Crippen LogP contribution in [0, 0.1) is 0 Å². The first-order valence-electron chi connectivity index (χ1n) is 7.68. The molecule has 20 heavy (non-hydrogen) atoms. The highest BCUT2D eigenvalue weighted by Crippen LogP contribution is 2.26. The zero-order chi connectivity index (χ0) is 14.6. The summed E-state index contributed by atoms with van der Waals surface area (Å²) in [6, 6.07) is 11.8. The van der Waals surface area contributed by atoms with Gasteiger partial charge in [-0.2, -0.15) is 0 Å². The average molecular weight is 276 g/mol. The lowest BCUT2D eigenvalue weighted by Crippen LogP contribution is -2.54. The van der Waals surface area contributed by atoms with Gasteiger partial charge in [-0.05, 0) is 33.3 Å². The van der Waals surface area contributed by atoms with Crippen LogP contribution in [0.25, 0.3) is 0 Å². The van der Waals surface area contributed by atoms with E-state index in [4.69, 9.17) is 4.74 Å². The normalized spacial score (nSPS) is 24.8. The van der Waals surface area contributed by atoms with Crippen LogP contribution in [0.4, 0.5) is 0 Å². The molecule has 2 rings (SSSR count). The highest BCUT2D eigenvalue weighted by Gasteiger charge is 2.31. The second-order valence-corrected chi connectivity index (χ2v) is 6.36. The van der Waals surface area contributed by atoms with Crippen LogP contribution in [0.1, 0.15) is 39.3 Å². The van der Waals surface area contributed by atoms with Crippen molar-refractivity contribution in [2.45, 2.75) is 45.4 Å². The average Bonchev–Trinajstić information content (AvgIpc) is 2.39. The maximum absolute atomic E-state index is 5.89. The number of hydrogen-bond acceptors (Lipinski definition) is 3. The van der Waals surface area contributed by atoms with Crippen LogP contribution in [-0.4, -0.2) is 42.8 Å². The Bertz CT molecular complexity index is 405. The Morgan fingerprint density at radius 3 is 2.65 bits per heavy atom. The minimum absolute atomic E-state index is 0.0984. The first kappa shape index (κ1) is 15.5. The molecule has 112 valence electrons. The first-order valence-corrected chi connectivity index (χ1v) is 7.68. The number of ether oxygens (including phenoxy) is 1. The fourth-order valence-electron chi connectivity index (χ4n) is 3.09. The summed E-state index contributed by atoms with van der Waals surface area (Å²) >= 11 is 0. The van der Waals surface area contributed by atoms with E-state index in [0.29, 0.717) is 12.1 Å². The fourth-order valence-corrected chi connectivity index (χ4v) is 3.09. The highest BCUT2D eigenvalue weighted by atomic mass is 16.5. The van der Waals surface area contributed by atoms with Crippen molar-refractivity contribution in [1.29, 1.82) is 0 Å². The zero-order valence-electron chi connectivity index (χ0n) is 13.2. The van der Waals surface area contributed by atoms with Crippen LogP contribution >= 0.6 is 0 Å². The summed E-state index contributed by atoms with van der Waals surface area (Å²) in [5.74, 6) is 0. The van der Waals surface area contributed by atoms with E-state index in [-0.39, 0.29) is 5.60 Å². The molecule has 2 unspecified atom stereocenters. The van der Waals surface area contributed by atoms with Crippen molar-refractivity contribution >= 4 is 0 Å². The number of hydrogen-bond donors (Lipinski definition) is 1. The van der Waals surface area contributed by atoms with Crippen LogP contribution in [0.3, 0.4) is 0 Å². The summed E-state index contributed by atoms with van der Waals surface area (Å²) in [7, 11) is 0. The maximum atomic E-state index is 5.89. The first-order chi connectivity index (χ1) is 9.52. The van der Waals surface area contributed by atoms with Gasteiger partial charge in [0.2, 0.25) is 0 Å². The Morgan fingerprint density at radius 2 is 2.00 bits per heavy atom. The van der Waals surface area contributed by atoms with Crippen molar-refractivity contribution in [3.05, 3.63) is 35.9 Å². The molecule has 3 heteroatoms. The van der Waals surface area contributed by atoms with Gasteiger partial charge in [0.05, 0.1) is 5.60 Å². The van der Waals surface area contributed by atoms with Gasteiger partial charge >= 0.3 is 0 Å².